The Labute approximate surface area is 131 Å². The SMILES string of the molecule is COc1cccc(CC(C)OS(=O)(=O)c2ccc(C)cc2)c1. The lowest BCUT2D eigenvalue weighted by molar-refractivity contribution is 0.229. The van der Waals surface area contributed by atoms with Gasteiger partial charge in [0.25, 0.3) is 10.1 Å². The highest BCUT2D eigenvalue weighted by molar-refractivity contribution is 7.86. The Kier molecular flexibility index (Phi) is 5.21. The molecule has 2 aromatic rings. The fraction of sp³-hybridized carbons (Fsp3) is 0.294. The third-order valence-electron chi connectivity index (χ3n) is 3.26. The summed E-state index contributed by atoms with van der Waals surface area (Å²) in [6.45, 7) is 3.65. The van der Waals surface area contributed by atoms with Gasteiger partial charge in [-0.05, 0) is 50.1 Å². The quantitative estimate of drug-likeness (QED) is 0.766. The second kappa shape index (κ2) is 6.94. The van der Waals surface area contributed by atoms with Gasteiger partial charge in [-0.25, -0.2) is 0 Å². The molecular weight excluding hydrogens is 300 g/mol. The van der Waals surface area contributed by atoms with Crippen LogP contribution in [-0.4, -0.2) is 21.6 Å². The van der Waals surface area contributed by atoms with E-state index in [1.807, 2.05) is 31.2 Å². The lowest BCUT2D eigenvalue weighted by atomic mass is 10.1. The average Bonchev–Trinajstić information content (AvgIpc) is 2.47. The first-order valence-electron chi connectivity index (χ1n) is 7.03. The molecule has 2 rings (SSSR count). The molecule has 22 heavy (non-hydrogen) atoms. The fourth-order valence-electron chi connectivity index (χ4n) is 2.14. The topological polar surface area (TPSA) is 52.6 Å². The van der Waals surface area contributed by atoms with Crippen molar-refractivity contribution in [2.75, 3.05) is 7.11 Å². The molecule has 4 nitrogen and oxygen atoms in total. The molecule has 0 spiro atoms. The van der Waals surface area contributed by atoms with Crippen LogP contribution < -0.4 is 4.74 Å². The number of methoxy groups -OCH3 is 1. The Morgan fingerprint density at radius 3 is 2.41 bits per heavy atom. The summed E-state index contributed by atoms with van der Waals surface area (Å²) in [6.07, 6.45) is 0.0286. The molecule has 0 N–H and O–H groups in total. The van der Waals surface area contributed by atoms with Crippen molar-refractivity contribution in [3.63, 3.8) is 0 Å². The van der Waals surface area contributed by atoms with Crippen LogP contribution in [0.3, 0.4) is 0 Å². The first-order chi connectivity index (χ1) is 10.4. The van der Waals surface area contributed by atoms with Crippen molar-refractivity contribution < 1.29 is 17.3 Å². The number of ether oxygens (including phenoxy) is 1. The largest absolute Gasteiger partial charge is 0.497 e. The standard InChI is InChI=1S/C17H20O4S/c1-13-7-9-17(10-8-13)22(18,19)21-14(2)11-15-5-4-6-16(12-15)20-3/h4-10,12,14H,11H2,1-3H3. The highest BCUT2D eigenvalue weighted by atomic mass is 32.2. The van der Waals surface area contributed by atoms with Crippen molar-refractivity contribution >= 4 is 10.1 Å². The third-order valence-corrected chi connectivity index (χ3v) is 4.69. The monoisotopic (exact) mass is 320 g/mol. The molecule has 0 saturated heterocycles. The minimum atomic E-state index is -3.74. The zero-order valence-electron chi connectivity index (χ0n) is 12.9. The second-order valence-electron chi connectivity index (χ2n) is 5.23. The predicted octanol–water partition coefficient (Wildman–Crippen LogP) is 3.34. The molecule has 0 heterocycles. The number of hydrogen-bond acceptors (Lipinski definition) is 4. The van der Waals surface area contributed by atoms with Gasteiger partial charge in [-0.1, -0.05) is 29.8 Å². The van der Waals surface area contributed by atoms with Crippen LogP contribution in [-0.2, 0) is 20.7 Å². The molecule has 0 fully saturated rings. The van der Waals surface area contributed by atoms with Crippen LogP contribution in [0.15, 0.2) is 53.4 Å². The predicted molar refractivity (Wildman–Crippen MR) is 85.6 cm³/mol. The average molecular weight is 320 g/mol. The Hall–Kier alpha value is -1.85. The third kappa shape index (κ3) is 4.32. The summed E-state index contributed by atoms with van der Waals surface area (Å²) in [4.78, 5) is 0.176. The van der Waals surface area contributed by atoms with Crippen LogP contribution in [0.4, 0.5) is 0 Å². The first-order valence-corrected chi connectivity index (χ1v) is 8.44. The molecule has 1 atom stereocenters. The number of aryl methyl sites for hydroxylation is 1. The lowest BCUT2D eigenvalue weighted by Gasteiger charge is -2.14. The van der Waals surface area contributed by atoms with E-state index in [1.165, 1.54) is 0 Å². The van der Waals surface area contributed by atoms with E-state index in [-0.39, 0.29) is 4.90 Å². The molecule has 0 amide bonds. The molecule has 0 aliphatic heterocycles. The van der Waals surface area contributed by atoms with Gasteiger partial charge in [-0.15, -0.1) is 0 Å². The summed E-state index contributed by atoms with van der Waals surface area (Å²) in [5.41, 5.74) is 1.97. The van der Waals surface area contributed by atoms with E-state index in [9.17, 15) is 8.42 Å². The summed E-state index contributed by atoms with van der Waals surface area (Å²) in [7, 11) is -2.15. The van der Waals surface area contributed by atoms with Crippen molar-refractivity contribution in [3.8, 4) is 5.75 Å². The van der Waals surface area contributed by atoms with Gasteiger partial charge < -0.3 is 4.74 Å². The normalized spacial score (nSPS) is 12.9. The van der Waals surface area contributed by atoms with E-state index in [1.54, 1.807) is 38.3 Å². The van der Waals surface area contributed by atoms with Gasteiger partial charge in [0.1, 0.15) is 5.75 Å². The van der Waals surface area contributed by atoms with Gasteiger partial charge in [0.05, 0.1) is 18.1 Å². The van der Waals surface area contributed by atoms with Crippen molar-refractivity contribution in [1.29, 1.82) is 0 Å². The second-order valence-corrected chi connectivity index (χ2v) is 6.80. The Morgan fingerprint density at radius 1 is 1.09 bits per heavy atom. The lowest BCUT2D eigenvalue weighted by Crippen LogP contribution is -2.18. The van der Waals surface area contributed by atoms with E-state index in [0.717, 1.165) is 16.9 Å². The number of rotatable bonds is 6. The highest BCUT2D eigenvalue weighted by Gasteiger charge is 2.19. The molecule has 118 valence electrons. The van der Waals surface area contributed by atoms with Crippen LogP contribution in [0.5, 0.6) is 5.75 Å². The zero-order chi connectivity index (χ0) is 16.2. The van der Waals surface area contributed by atoms with Crippen molar-refractivity contribution in [3.05, 3.63) is 59.7 Å². The maximum atomic E-state index is 12.2. The Bertz CT molecular complexity index is 721. The van der Waals surface area contributed by atoms with E-state index in [0.29, 0.717) is 6.42 Å². The minimum absolute atomic E-state index is 0.176. The van der Waals surface area contributed by atoms with Gasteiger partial charge in [0, 0.05) is 0 Å². The minimum Gasteiger partial charge on any atom is -0.497 e. The van der Waals surface area contributed by atoms with Gasteiger partial charge in [0.15, 0.2) is 0 Å². The van der Waals surface area contributed by atoms with Gasteiger partial charge in [-0.3, -0.25) is 4.18 Å². The van der Waals surface area contributed by atoms with Crippen molar-refractivity contribution in [1.82, 2.24) is 0 Å². The summed E-state index contributed by atoms with van der Waals surface area (Å²) in [6, 6.07) is 14.1. The van der Waals surface area contributed by atoms with Crippen LogP contribution in [0.25, 0.3) is 0 Å². The van der Waals surface area contributed by atoms with E-state index >= 15 is 0 Å². The molecular formula is C17H20O4S. The molecule has 0 saturated carbocycles. The molecule has 0 aromatic heterocycles. The van der Waals surface area contributed by atoms with Crippen LogP contribution >= 0.6 is 0 Å². The van der Waals surface area contributed by atoms with Crippen molar-refractivity contribution in [2.24, 2.45) is 0 Å². The molecule has 0 bridgehead atoms. The number of benzene rings is 2. The van der Waals surface area contributed by atoms with E-state index in [4.69, 9.17) is 8.92 Å². The molecule has 2 aromatic carbocycles. The zero-order valence-corrected chi connectivity index (χ0v) is 13.8. The smallest absolute Gasteiger partial charge is 0.297 e. The molecule has 0 radical (unpaired) electrons. The molecule has 0 aliphatic rings. The number of hydrogen-bond donors (Lipinski definition) is 0. The Balaban J connectivity index is 2.07. The first kappa shape index (κ1) is 16.5. The van der Waals surface area contributed by atoms with E-state index in [2.05, 4.69) is 0 Å². The van der Waals surface area contributed by atoms with Gasteiger partial charge in [-0.2, -0.15) is 8.42 Å². The summed E-state index contributed by atoms with van der Waals surface area (Å²) in [5.74, 6) is 0.742. The summed E-state index contributed by atoms with van der Waals surface area (Å²) in [5, 5.41) is 0. The molecule has 0 aliphatic carbocycles. The van der Waals surface area contributed by atoms with Gasteiger partial charge >= 0.3 is 0 Å². The fourth-order valence-corrected chi connectivity index (χ4v) is 3.22. The summed E-state index contributed by atoms with van der Waals surface area (Å²) < 4.78 is 34.9. The van der Waals surface area contributed by atoms with Crippen LogP contribution in [0.2, 0.25) is 0 Å². The maximum Gasteiger partial charge on any atom is 0.297 e. The van der Waals surface area contributed by atoms with Crippen LogP contribution in [0.1, 0.15) is 18.1 Å². The summed E-state index contributed by atoms with van der Waals surface area (Å²) >= 11 is 0. The van der Waals surface area contributed by atoms with Crippen LogP contribution in [0, 0.1) is 6.92 Å². The van der Waals surface area contributed by atoms with Crippen molar-refractivity contribution in [2.45, 2.75) is 31.3 Å². The molecule has 5 heteroatoms. The highest BCUT2D eigenvalue weighted by Crippen LogP contribution is 2.19. The maximum absolute atomic E-state index is 12.2. The Morgan fingerprint density at radius 2 is 1.77 bits per heavy atom. The molecule has 1 unspecified atom stereocenters. The van der Waals surface area contributed by atoms with Gasteiger partial charge in [0.2, 0.25) is 0 Å². The van der Waals surface area contributed by atoms with E-state index < -0.39 is 16.2 Å².